The number of hydrogen-bond donors (Lipinski definition) is 1. The average Bonchev–Trinajstić information content (AvgIpc) is 2.48. The molecule has 104 valence electrons. The zero-order chi connectivity index (χ0) is 14.4. The maximum atomic E-state index is 10.8. The first-order chi connectivity index (χ1) is 9.70. The quantitative estimate of drug-likeness (QED) is 0.641. The summed E-state index contributed by atoms with van der Waals surface area (Å²) in [5, 5.41) is 10.8. The van der Waals surface area contributed by atoms with E-state index in [9.17, 15) is 10.1 Å². The molecule has 0 fully saturated rings. The van der Waals surface area contributed by atoms with E-state index in [-0.39, 0.29) is 5.69 Å². The van der Waals surface area contributed by atoms with Crippen molar-refractivity contribution in [3.63, 3.8) is 0 Å². The Kier molecular flexibility index (Phi) is 4.62. The van der Waals surface area contributed by atoms with E-state index in [4.69, 9.17) is 5.73 Å². The summed E-state index contributed by atoms with van der Waals surface area (Å²) in [5.74, 6) is 0.563. The summed E-state index contributed by atoms with van der Waals surface area (Å²) in [6.45, 7) is 1.66. The minimum absolute atomic E-state index is 0.0325. The Labute approximate surface area is 117 Å². The van der Waals surface area contributed by atoms with Gasteiger partial charge in [-0.1, -0.05) is 30.3 Å². The van der Waals surface area contributed by atoms with E-state index < -0.39 is 4.92 Å². The molecule has 0 amide bonds. The molecule has 2 aromatic rings. The molecule has 0 radical (unpaired) electrons. The predicted octanol–water partition coefficient (Wildman–Crippen LogP) is 1.96. The van der Waals surface area contributed by atoms with Crippen molar-refractivity contribution in [3.05, 3.63) is 64.3 Å². The minimum Gasteiger partial charge on any atom is -0.351 e. The van der Waals surface area contributed by atoms with Gasteiger partial charge in [-0.25, -0.2) is 4.98 Å². The molecule has 20 heavy (non-hydrogen) atoms. The summed E-state index contributed by atoms with van der Waals surface area (Å²) in [7, 11) is 0. The van der Waals surface area contributed by atoms with Crippen molar-refractivity contribution in [1.82, 2.24) is 4.98 Å². The first kappa shape index (κ1) is 14.0. The van der Waals surface area contributed by atoms with Crippen LogP contribution in [0.3, 0.4) is 0 Å². The lowest BCUT2D eigenvalue weighted by Crippen LogP contribution is -2.29. The van der Waals surface area contributed by atoms with Crippen molar-refractivity contribution in [2.75, 3.05) is 18.0 Å². The van der Waals surface area contributed by atoms with E-state index in [2.05, 4.69) is 4.98 Å². The van der Waals surface area contributed by atoms with E-state index >= 15 is 0 Å². The molecular formula is C14H16N4O2. The van der Waals surface area contributed by atoms with Gasteiger partial charge in [-0.05, 0) is 5.56 Å². The Morgan fingerprint density at radius 2 is 2.00 bits per heavy atom. The number of hydrogen-bond acceptors (Lipinski definition) is 5. The molecule has 1 heterocycles. The molecule has 6 heteroatoms. The summed E-state index contributed by atoms with van der Waals surface area (Å²) >= 11 is 0. The molecule has 2 rings (SSSR count). The van der Waals surface area contributed by atoms with Crippen LogP contribution >= 0.6 is 0 Å². The number of pyridine rings is 1. The third kappa shape index (κ3) is 3.52. The fourth-order valence-electron chi connectivity index (χ4n) is 1.93. The lowest BCUT2D eigenvalue weighted by molar-refractivity contribution is -0.384. The third-order valence-electron chi connectivity index (χ3n) is 2.88. The molecule has 0 bridgehead atoms. The van der Waals surface area contributed by atoms with Gasteiger partial charge in [0.15, 0.2) is 0 Å². The Morgan fingerprint density at radius 3 is 2.65 bits per heavy atom. The van der Waals surface area contributed by atoms with Gasteiger partial charge in [-0.15, -0.1) is 0 Å². The second kappa shape index (κ2) is 6.63. The van der Waals surface area contributed by atoms with Crippen LogP contribution in [-0.4, -0.2) is 23.0 Å². The molecule has 2 N–H and O–H groups in total. The highest BCUT2D eigenvalue weighted by atomic mass is 16.6. The number of anilines is 1. The topological polar surface area (TPSA) is 85.3 Å². The molecule has 0 atom stereocenters. The first-order valence-electron chi connectivity index (χ1n) is 6.30. The van der Waals surface area contributed by atoms with Crippen molar-refractivity contribution in [3.8, 4) is 0 Å². The SMILES string of the molecule is NCCN(Cc1ccccc1)c1cc([N+](=O)[O-])ccn1. The van der Waals surface area contributed by atoms with Crippen LogP contribution in [0.15, 0.2) is 48.7 Å². The molecule has 0 aliphatic heterocycles. The number of aromatic nitrogens is 1. The van der Waals surface area contributed by atoms with Gasteiger partial charge in [0.25, 0.3) is 5.69 Å². The molecule has 1 aromatic carbocycles. The summed E-state index contributed by atoms with van der Waals surface area (Å²) in [5.41, 5.74) is 6.75. The van der Waals surface area contributed by atoms with Gasteiger partial charge in [0.05, 0.1) is 11.0 Å². The number of nitrogens with two attached hydrogens (primary N) is 1. The van der Waals surface area contributed by atoms with Crippen molar-refractivity contribution in [2.45, 2.75) is 6.54 Å². The Balaban J connectivity index is 2.24. The van der Waals surface area contributed by atoms with Crippen molar-refractivity contribution in [2.24, 2.45) is 5.73 Å². The smallest absolute Gasteiger partial charge is 0.274 e. The monoisotopic (exact) mass is 272 g/mol. The van der Waals surface area contributed by atoms with Crippen molar-refractivity contribution in [1.29, 1.82) is 0 Å². The fraction of sp³-hybridized carbons (Fsp3) is 0.214. The summed E-state index contributed by atoms with van der Waals surface area (Å²) in [6, 6.07) is 12.7. The number of nitrogens with zero attached hydrogens (tertiary/aromatic N) is 3. The first-order valence-corrected chi connectivity index (χ1v) is 6.30. The van der Waals surface area contributed by atoms with Crippen LogP contribution in [0.5, 0.6) is 0 Å². The summed E-state index contributed by atoms with van der Waals surface area (Å²) in [4.78, 5) is 16.5. The van der Waals surface area contributed by atoms with Gasteiger partial charge < -0.3 is 10.6 Å². The number of benzene rings is 1. The molecule has 6 nitrogen and oxygen atoms in total. The minimum atomic E-state index is -0.422. The van der Waals surface area contributed by atoms with Crippen LogP contribution < -0.4 is 10.6 Å². The van der Waals surface area contributed by atoms with E-state index in [1.807, 2.05) is 35.2 Å². The molecule has 0 aliphatic rings. The van der Waals surface area contributed by atoms with Crippen LogP contribution in [0.1, 0.15) is 5.56 Å². The molecule has 0 saturated carbocycles. The second-order valence-corrected chi connectivity index (χ2v) is 4.33. The van der Waals surface area contributed by atoms with Gasteiger partial charge >= 0.3 is 0 Å². The van der Waals surface area contributed by atoms with Crippen molar-refractivity contribution >= 4 is 11.5 Å². The zero-order valence-electron chi connectivity index (χ0n) is 11.0. The van der Waals surface area contributed by atoms with Crippen LogP contribution in [0.4, 0.5) is 11.5 Å². The Hall–Kier alpha value is -2.47. The normalized spacial score (nSPS) is 10.2. The van der Waals surface area contributed by atoms with E-state index in [1.165, 1.54) is 18.3 Å². The lowest BCUT2D eigenvalue weighted by Gasteiger charge is -2.22. The van der Waals surface area contributed by atoms with Crippen LogP contribution in [0.2, 0.25) is 0 Å². The number of rotatable bonds is 6. The van der Waals surface area contributed by atoms with Gasteiger partial charge in [0.2, 0.25) is 0 Å². The molecule has 0 unspecified atom stereocenters. The molecular weight excluding hydrogens is 256 g/mol. The maximum absolute atomic E-state index is 10.8. The predicted molar refractivity (Wildman–Crippen MR) is 77.4 cm³/mol. The van der Waals surface area contributed by atoms with E-state index in [0.717, 1.165) is 5.56 Å². The van der Waals surface area contributed by atoms with E-state index in [0.29, 0.717) is 25.5 Å². The second-order valence-electron chi connectivity index (χ2n) is 4.33. The number of nitro groups is 1. The lowest BCUT2D eigenvalue weighted by atomic mass is 10.2. The molecule has 1 aromatic heterocycles. The Morgan fingerprint density at radius 1 is 1.25 bits per heavy atom. The van der Waals surface area contributed by atoms with Crippen molar-refractivity contribution < 1.29 is 4.92 Å². The third-order valence-corrected chi connectivity index (χ3v) is 2.88. The largest absolute Gasteiger partial charge is 0.351 e. The molecule has 0 aliphatic carbocycles. The van der Waals surface area contributed by atoms with Gasteiger partial charge in [0, 0.05) is 31.9 Å². The van der Waals surface area contributed by atoms with Crippen LogP contribution in [-0.2, 0) is 6.54 Å². The maximum Gasteiger partial charge on any atom is 0.274 e. The van der Waals surface area contributed by atoms with Gasteiger partial charge in [0.1, 0.15) is 5.82 Å². The van der Waals surface area contributed by atoms with Gasteiger partial charge in [-0.3, -0.25) is 10.1 Å². The van der Waals surface area contributed by atoms with Crippen LogP contribution in [0.25, 0.3) is 0 Å². The fourth-order valence-corrected chi connectivity index (χ4v) is 1.93. The molecule has 0 saturated heterocycles. The summed E-state index contributed by atoms with van der Waals surface area (Å²) < 4.78 is 0. The zero-order valence-corrected chi connectivity index (χ0v) is 11.0. The van der Waals surface area contributed by atoms with Crippen LogP contribution in [0, 0.1) is 10.1 Å². The highest BCUT2D eigenvalue weighted by Crippen LogP contribution is 2.19. The summed E-state index contributed by atoms with van der Waals surface area (Å²) in [6.07, 6.45) is 1.45. The average molecular weight is 272 g/mol. The highest BCUT2D eigenvalue weighted by molar-refractivity contribution is 5.47. The molecule has 0 spiro atoms. The standard InChI is InChI=1S/C14H16N4O2/c15-7-9-17(11-12-4-2-1-3-5-12)14-10-13(18(19)20)6-8-16-14/h1-6,8,10H,7,9,11,15H2. The highest BCUT2D eigenvalue weighted by Gasteiger charge is 2.12. The Bertz CT molecular complexity index is 574. The van der Waals surface area contributed by atoms with Gasteiger partial charge in [-0.2, -0.15) is 0 Å². The van der Waals surface area contributed by atoms with E-state index in [1.54, 1.807) is 0 Å².